The molecule has 0 saturated carbocycles. The van der Waals surface area contributed by atoms with Gasteiger partial charge in [0.05, 0.1) is 23.0 Å². The van der Waals surface area contributed by atoms with Gasteiger partial charge in [0.25, 0.3) is 5.56 Å². The molecule has 0 spiro atoms. The first-order chi connectivity index (χ1) is 14.2. The summed E-state index contributed by atoms with van der Waals surface area (Å²) < 4.78 is 12.8. The molecule has 0 radical (unpaired) electrons. The Kier molecular flexibility index (Phi) is 4.34. The summed E-state index contributed by atoms with van der Waals surface area (Å²) in [6, 6.07) is 15.4. The Morgan fingerprint density at radius 2 is 1.97 bits per heavy atom. The van der Waals surface area contributed by atoms with Gasteiger partial charge in [0.2, 0.25) is 0 Å². The van der Waals surface area contributed by atoms with Crippen molar-refractivity contribution in [3.8, 4) is 23.3 Å². The summed E-state index contributed by atoms with van der Waals surface area (Å²) in [5.74, 6) is 1.36. The van der Waals surface area contributed by atoms with Crippen LogP contribution in [0.2, 0.25) is 0 Å². The normalized spacial score (nSPS) is 15.6. The third-order valence-corrected chi connectivity index (χ3v) is 5.38. The predicted octanol–water partition coefficient (Wildman–Crippen LogP) is 2.37. The van der Waals surface area contributed by atoms with Crippen molar-refractivity contribution in [1.29, 1.82) is 5.26 Å². The van der Waals surface area contributed by atoms with Gasteiger partial charge in [-0.1, -0.05) is 12.1 Å². The molecule has 0 fully saturated rings. The second-order valence-electron chi connectivity index (χ2n) is 7.31. The molecule has 0 aliphatic carbocycles. The smallest absolute Gasteiger partial charge is 0.274 e. The Labute approximate surface area is 167 Å². The van der Waals surface area contributed by atoms with Crippen molar-refractivity contribution in [2.75, 3.05) is 19.8 Å². The van der Waals surface area contributed by atoms with Crippen molar-refractivity contribution in [1.82, 2.24) is 14.7 Å². The summed E-state index contributed by atoms with van der Waals surface area (Å²) in [6.07, 6.45) is 0.695. The zero-order valence-electron chi connectivity index (χ0n) is 15.9. The number of ether oxygens (including phenoxy) is 2. The van der Waals surface area contributed by atoms with Crippen molar-refractivity contribution in [3.63, 3.8) is 0 Å². The lowest BCUT2D eigenvalue weighted by Gasteiger charge is -2.26. The topological polar surface area (TPSA) is 83.3 Å². The minimum absolute atomic E-state index is 0.0113. The van der Waals surface area contributed by atoms with E-state index in [9.17, 15) is 4.79 Å². The molecule has 2 aliphatic heterocycles. The quantitative estimate of drug-likeness (QED) is 0.745. The van der Waals surface area contributed by atoms with Crippen LogP contribution in [-0.4, -0.2) is 34.4 Å². The van der Waals surface area contributed by atoms with Gasteiger partial charge in [0.15, 0.2) is 11.5 Å². The van der Waals surface area contributed by atoms with Crippen LogP contribution in [0.1, 0.15) is 22.4 Å². The van der Waals surface area contributed by atoms with Gasteiger partial charge < -0.3 is 9.47 Å². The standard InChI is InChI=1S/C22H20N4O3/c23-12-15-2-1-3-16(10-15)13-25-7-6-18-19(14-25)24-26(22(18)27)17-4-5-20-21(11-17)29-9-8-28-20/h1-5,10-11,24H,6-9,13-14H2. The van der Waals surface area contributed by atoms with Gasteiger partial charge >= 0.3 is 0 Å². The van der Waals surface area contributed by atoms with E-state index < -0.39 is 0 Å². The van der Waals surface area contributed by atoms with Gasteiger partial charge in [-0.25, -0.2) is 4.68 Å². The molecule has 1 aromatic heterocycles. The molecule has 0 saturated heterocycles. The highest BCUT2D eigenvalue weighted by atomic mass is 16.6. The van der Waals surface area contributed by atoms with E-state index in [1.165, 1.54) is 0 Å². The van der Waals surface area contributed by atoms with Gasteiger partial charge in [-0.05, 0) is 36.2 Å². The van der Waals surface area contributed by atoms with Crippen LogP contribution in [0.5, 0.6) is 11.5 Å². The van der Waals surface area contributed by atoms with E-state index in [4.69, 9.17) is 14.7 Å². The highest BCUT2D eigenvalue weighted by molar-refractivity contribution is 5.49. The summed E-state index contributed by atoms with van der Waals surface area (Å²) in [5.41, 5.74) is 4.26. The predicted molar refractivity (Wildman–Crippen MR) is 106 cm³/mol. The number of rotatable bonds is 3. The molecule has 0 atom stereocenters. The summed E-state index contributed by atoms with van der Waals surface area (Å²) in [4.78, 5) is 15.2. The first kappa shape index (κ1) is 17.6. The van der Waals surface area contributed by atoms with Crippen molar-refractivity contribution in [3.05, 3.63) is 75.2 Å². The van der Waals surface area contributed by atoms with E-state index >= 15 is 0 Å². The molecule has 3 aromatic rings. The van der Waals surface area contributed by atoms with Crippen LogP contribution in [0.3, 0.4) is 0 Å². The average Bonchev–Trinajstić information content (AvgIpc) is 3.09. The molecule has 29 heavy (non-hydrogen) atoms. The van der Waals surface area contributed by atoms with E-state index in [-0.39, 0.29) is 5.56 Å². The molecule has 146 valence electrons. The van der Waals surface area contributed by atoms with E-state index in [2.05, 4.69) is 16.1 Å². The number of fused-ring (bicyclic) bond motifs is 2. The lowest BCUT2D eigenvalue weighted by molar-refractivity contribution is 0.171. The molecular formula is C22H20N4O3. The molecule has 2 aromatic carbocycles. The highest BCUT2D eigenvalue weighted by Crippen LogP contribution is 2.31. The van der Waals surface area contributed by atoms with Crippen LogP contribution in [0.25, 0.3) is 5.69 Å². The zero-order chi connectivity index (χ0) is 19.8. The second-order valence-corrected chi connectivity index (χ2v) is 7.31. The van der Waals surface area contributed by atoms with Crippen molar-refractivity contribution >= 4 is 0 Å². The lowest BCUT2D eigenvalue weighted by Crippen LogP contribution is -2.31. The van der Waals surface area contributed by atoms with Crippen LogP contribution in [0, 0.1) is 11.3 Å². The summed E-state index contributed by atoms with van der Waals surface area (Å²) in [7, 11) is 0. The molecule has 5 rings (SSSR count). The van der Waals surface area contributed by atoms with Gasteiger partial charge in [-0.15, -0.1) is 0 Å². The van der Waals surface area contributed by atoms with Gasteiger partial charge in [-0.3, -0.25) is 14.8 Å². The third kappa shape index (κ3) is 3.28. The fraction of sp³-hybridized carbons (Fsp3) is 0.273. The number of nitrogens with one attached hydrogen (secondary N) is 1. The zero-order valence-corrected chi connectivity index (χ0v) is 15.9. The Morgan fingerprint density at radius 1 is 1.10 bits per heavy atom. The molecule has 7 nitrogen and oxygen atoms in total. The maximum Gasteiger partial charge on any atom is 0.274 e. The fourth-order valence-corrected chi connectivity index (χ4v) is 3.96. The van der Waals surface area contributed by atoms with Crippen LogP contribution >= 0.6 is 0 Å². The van der Waals surface area contributed by atoms with Crippen molar-refractivity contribution in [2.24, 2.45) is 0 Å². The van der Waals surface area contributed by atoms with E-state index in [0.717, 1.165) is 35.6 Å². The molecule has 0 bridgehead atoms. The first-order valence-corrected chi connectivity index (χ1v) is 9.65. The largest absolute Gasteiger partial charge is 0.486 e. The van der Waals surface area contributed by atoms with Gasteiger partial charge in [0.1, 0.15) is 13.2 Å². The molecule has 3 heterocycles. The van der Waals surface area contributed by atoms with Gasteiger partial charge in [0, 0.05) is 31.3 Å². The highest BCUT2D eigenvalue weighted by Gasteiger charge is 2.23. The monoisotopic (exact) mass is 388 g/mol. The number of aromatic amines is 1. The summed E-state index contributed by atoms with van der Waals surface area (Å²) in [6.45, 7) is 3.26. The van der Waals surface area contributed by atoms with Crippen LogP contribution in [-0.2, 0) is 19.5 Å². The maximum atomic E-state index is 12.9. The number of hydrogen-bond acceptors (Lipinski definition) is 5. The second kappa shape index (κ2) is 7.15. The Hall–Kier alpha value is -3.50. The minimum atomic E-state index is -0.0113. The third-order valence-electron chi connectivity index (χ3n) is 5.38. The van der Waals surface area contributed by atoms with E-state index in [0.29, 0.717) is 43.2 Å². The number of hydrogen-bond donors (Lipinski definition) is 1. The fourth-order valence-electron chi connectivity index (χ4n) is 3.96. The molecule has 7 heteroatoms. The SMILES string of the molecule is N#Cc1cccc(CN2CCc3c([nH]n(-c4ccc5c(c4)OCCO5)c3=O)C2)c1. The Balaban J connectivity index is 1.40. The van der Waals surface area contributed by atoms with Crippen molar-refractivity contribution in [2.45, 2.75) is 19.5 Å². The maximum absolute atomic E-state index is 12.9. The molecule has 1 N–H and O–H groups in total. The van der Waals surface area contributed by atoms with Gasteiger partial charge in [-0.2, -0.15) is 5.26 Å². The molecular weight excluding hydrogens is 368 g/mol. The number of nitriles is 1. The molecule has 2 aliphatic rings. The molecule has 0 unspecified atom stereocenters. The number of nitrogens with zero attached hydrogens (tertiary/aromatic N) is 3. The first-order valence-electron chi connectivity index (χ1n) is 9.65. The number of benzene rings is 2. The number of aromatic nitrogens is 2. The van der Waals surface area contributed by atoms with Crippen LogP contribution < -0.4 is 15.0 Å². The Bertz CT molecular complexity index is 1170. The summed E-state index contributed by atoms with van der Waals surface area (Å²) >= 11 is 0. The molecule has 0 amide bonds. The number of H-pyrrole nitrogens is 1. The Morgan fingerprint density at radius 3 is 2.83 bits per heavy atom. The van der Waals surface area contributed by atoms with Crippen molar-refractivity contribution < 1.29 is 9.47 Å². The lowest BCUT2D eigenvalue weighted by atomic mass is 10.1. The summed E-state index contributed by atoms with van der Waals surface area (Å²) in [5, 5.41) is 12.4. The van der Waals surface area contributed by atoms with E-state index in [1.54, 1.807) is 4.68 Å². The average molecular weight is 388 g/mol. The van der Waals surface area contributed by atoms with E-state index in [1.807, 2.05) is 42.5 Å². The minimum Gasteiger partial charge on any atom is -0.486 e. The van der Waals surface area contributed by atoms with Crippen LogP contribution in [0.4, 0.5) is 0 Å². The van der Waals surface area contributed by atoms with Crippen LogP contribution in [0.15, 0.2) is 47.3 Å².